The maximum absolute atomic E-state index is 5.22. The zero-order chi connectivity index (χ0) is 13.9. The third-order valence-corrected chi connectivity index (χ3v) is 3.20. The fourth-order valence-corrected chi connectivity index (χ4v) is 1.99. The summed E-state index contributed by atoms with van der Waals surface area (Å²) in [7, 11) is 1.98. The molecule has 3 aromatic rings. The molecule has 1 N–H and O–H groups in total. The van der Waals surface area contributed by atoms with Gasteiger partial charge in [0.15, 0.2) is 0 Å². The van der Waals surface area contributed by atoms with Gasteiger partial charge >= 0.3 is 0 Å². The molecule has 0 amide bonds. The van der Waals surface area contributed by atoms with Crippen LogP contribution in [0, 0.1) is 6.92 Å². The van der Waals surface area contributed by atoms with Gasteiger partial charge in [-0.25, -0.2) is 4.98 Å². The van der Waals surface area contributed by atoms with Gasteiger partial charge in [-0.3, -0.25) is 0 Å². The molecule has 0 unspecified atom stereocenters. The molecule has 3 rings (SSSR count). The molecule has 6 heteroatoms. The SMILES string of the molecule is Cc1ccc(-c2nnco2)cc1NCc1nccn1C. The molecule has 0 fully saturated rings. The summed E-state index contributed by atoms with van der Waals surface area (Å²) in [5.41, 5.74) is 3.08. The smallest absolute Gasteiger partial charge is 0.247 e. The van der Waals surface area contributed by atoms with Gasteiger partial charge in [0.25, 0.3) is 0 Å². The van der Waals surface area contributed by atoms with E-state index in [1.807, 2.05) is 36.0 Å². The number of aryl methyl sites for hydroxylation is 2. The molecule has 0 radical (unpaired) electrons. The van der Waals surface area contributed by atoms with Crippen molar-refractivity contribution in [3.05, 3.63) is 48.4 Å². The lowest BCUT2D eigenvalue weighted by Gasteiger charge is -2.10. The van der Waals surface area contributed by atoms with Gasteiger partial charge in [0.1, 0.15) is 5.82 Å². The van der Waals surface area contributed by atoms with Crippen LogP contribution in [0.2, 0.25) is 0 Å². The molecular formula is C14H15N5O. The number of rotatable bonds is 4. The quantitative estimate of drug-likeness (QED) is 0.787. The molecule has 2 aromatic heterocycles. The lowest BCUT2D eigenvalue weighted by Crippen LogP contribution is -2.06. The Hall–Kier alpha value is -2.63. The van der Waals surface area contributed by atoms with Gasteiger partial charge in [0.2, 0.25) is 12.3 Å². The molecule has 0 spiro atoms. The van der Waals surface area contributed by atoms with Crippen LogP contribution in [0.4, 0.5) is 5.69 Å². The summed E-state index contributed by atoms with van der Waals surface area (Å²) in [5.74, 6) is 1.50. The number of nitrogens with one attached hydrogen (secondary N) is 1. The van der Waals surface area contributed by atoms with Gasteiger partial charge < -0.3 is 14.3 Å². The second-order valence-electron chi connectivity index (χ2n) is 4.58. The first-order chi connectivity index (χ1) is 9.74. The van der Waals surface area contributed by atoms with Crippen molar-refractivity contribution in [3.8, 4) is 11.5 Å². The molecular weight excluding hydrogens is 254 g/mol. The second-order valence-corrected chi connectivity index (χ2v) is 4.58. The van der Waals surface area contributed by atoms with E-state index in [2.05, 4.69) is 27.4 Å². The first-order valence-electron chi connectivity index (χ1n) is 6.31. The van der Waals surface area contributed by atoms with Gasteiger partial charge in [0, 0.05) is 30.7 Å². The summed E-state index contributed by atoms with van der Waals surface area (Å²) in [6, 6.07) is 6.00. The number of anilines is 1. The lowest BCUT2D eigenvalue weighted by molar-refractivity contribution is 0.568. The van der Waals surface area contributed by atoms with E-state index in [0.29, 0.717) is 12.4 Å². The third kappa shape index (κ3) is 2.40. The van der Waals surface area contributed by atoms with Crippen LogP contribution in [0.15, 0.2) is 41.4 Å². The Kier molecular flexibility index (Phi) is 3.20. The third-order valence-electron chi connectivity index (χ3n) is 3.20. The number of benzene rings is 1. The molecule has 0 aliphatic carbocycles. The molecule has 102 valence electrons. The first-order valence-corrected chi connectivity index (χ1v) is 6.31. The highest BCUT2D eigenvalue weighted by molar-refractivity contribution is 5.64. The zero-order valence-electron chi connectivity index (χ0n) is 11.4. The Bertz CT molecular complexity index is 702. The van der Waals surface area contributed by atoms with E-state index in [0.717, 1.165) is 22.6 Å². The lowest BCUT2D eigenvalue weighted by atomic mass is 10.1. The topological polar surface area (TPSA) is 68.8 Å². The van der Waals surface area contributed by atoms with Crippen molar-refractivity contribution in [2.24, 2.45) is 7.05 Å². The molecule has 0 saturated heterocycles. The number of nitrogens with zero attached hydrogens (tertiary/aromatic N) is 4. The Morgan fingerprint density at radius 2 is 2.25 bits per heavy atom. The van der Waals surface area contributed by atoms with Gasteiger partial charge in [0.05, 0.1) is 6.54 Å². The van der Waals surface area contributed by atoms with E-state index in [4.69, 9.17) is 4.42 Å². The van der Waals surface area contributed by atoms with Crippen LogP contribution in [-0.4, -0.2) is 19.7 Å². The minimum atomic E-state index is 0.519. The van der Waals surface area contributed by atoms with Crippen molar-refractivity contribution in [1.29, 1.82) is 0 Å². The molecule has 0 saturated carbocycles. The van der Waals surface area contributed by atoms with Crippen LogP contribution in [0.3, 0.4) is 0 Å². The van der Waals surface area contributed by atoms with Gasteiger partial charge in [-0.05, 0) is 24.6 Å². The predicted octanol–water partition coefficient (Wildman–Crippen LogP) is 2.39. The van der Waals surface area contributed by atoms with E-state index in [-0.39, 0.29) is 0 Å². The average Bonchev–Trinajstić information content (AvgIpc) is 3.10. The number of imidazole rings is 1. The van der Waals surface area contributed by atoms with Crippen molar-refractivity contribution in [2.75, 3.05) is 5.32 Å². The fourth-order valence-electron chi connectivity index (χ4n) is 1.99. The Labute approximate surface area is 116 Å². The second kappa shape index (κ2) is 5.16. The molecule has 20 heavy (non-hydrogen) atoms. The first kappa shape index (κ1) is 12.4. The van der Waals surface area contributed by atoms with Gasteiger partial charge in [-0.2, -0.15) is 0 Å². The van der Waals surface area contributed by atoms with E-state index in [9.17, 15) is 0 Å². The summed E-state index contributed by atoms with van der Waals surface area (Å²) in [6.45, 7) is 2.72. The largest absolute Gasteiger partial charge is 0.423 e. The van der Waals surface area contributed by atoms with E-state index in [1.165, 1.54) is 6.39 Å². The van der Waals surface area contributed by atoms with Gasteiger partial charge in [-0.15, -0.1) is 10.2 Å². The van der Waals surface area contributed by atoms with Crippen molar-refractivity contribution in [3.63, 3.8) is 0 Å². The van der Waals surface area contributed by atoms with Crippen LogP contribution in [0.5, 0.6) is 0 Å². The average molecular weight is 269 g/mol. The van der Waals surface area contributed by atoms with Crippen LogP contribution >= 0.6 is 0 Å². The van der Waals surface area contributed by atoms with Crippen molar-refractivity contribution in [1.82, 2.24) is 19.7 Å². The van der Waals surface area contributed by atoms with E-state index in [1.54, 1.807) is 6.20 Å². The summed E-state index contributed by atoms with van der Waals surface area (Å²) >= 11 is 0. The predicted molar refractivity (Wildman–Crippen MR) is 75.0 cm³/mol. The monoisotopic (exact) mass is 269 g/mol. The highest BCUT2D eigenvalue weighted by Gasteiger charge is 2.07. The molecule has 0 atom stereocenters. The highest BCUT2D eigenvalue weighted by Crippen LogP contribution is 2.24. The molecule has 2 heterocycles. The van der Waals surface area contributed by atoms with E-state index < -0.39 is 0 Å². The summed E-state index contributed by atoms with van der Waals surface area (Å²) < 4.78 is 7.21. The molecule has 6 nitrogen and oxygen atoms in total. The molecule has 0 bridgehead atoms. The number of aromatic nitrogens is 4. The van der Waals surface area contributed by atoms with Crippen LogP contribution in [0.1, 0.15) is 11.4 Å². The molecule has 1 aromatic carbocycles. The fraction of sp³-hybridized carbons (Fsp3) is 0.214. The molecule has 0 aliphatic rings. The number of hydrogen-bond acceptors (Lipinski definition) is 5. The Balaban J connectivity index is 1.82. The summed E-state index contributed by atoms with van der Waals surface area (Å²) in [4.78, 5) is 4.29. The number of hydrogen-bond donors (Lipinski definition) is 1. The van der Waals surface area contributed by atoms with E-state index >= 15 is 0 Å². The Morgan fingerprint density at radius 3 is 2.95 bits per heavy atom. The van der Waals surface area contributed by atoms with Crippen LogP contribution < -0.4 is 5.32 Å². The minimum Gasteiger partial charge on any atom is -0.423 e. The standard InChI is InChI=1S/C14H15N5O/c1-10-3-4-11(14-18-17-9-20-14)7-12(10)16-8-13-15-5-6-19(13)2/h3-7,9,16H,8H2,1-2H3. The maximum Gasteiger partial charge on any atom is 0.247 e. The van der Waals surface area contributed by atoms with Crippen molar-refractivity contribution in [2.45, 2.75) is 13.5 Å². The van der Waals surface area contributed by atoms with Gasteiger partial charge in [-0.1, -0.05) is 6.07 Å². The highest BCUT2D eigenvalue weighted by atomic mass is 16.4. The Morgan fingerprint density at radius 1 is 1.35 bits per heavy atom. The van der Waals surface area contributed by atoms with Crippen molar-refractivity contribution >= 4 is 5.69 Å². The summed E-state index contributed by atoms with van der Waals surface area (Å²) in [6.07, 6.45) is 5.05. The van der Waals surface area contributed by atoms with Crippen molar-refractivity contribution < 1.29 is 4.42 Å². The minimum absolute atomic E-state index is 0.519. The summed E-state index contributed by atoms with van der Waals surface area (Å²) in [5, 5.41) is 11.0. The normalized spacial score (nSPS) is 10.7. The maximum atomic E-state index is 5.22. The van der Waals surface area contributed by atoms with Crippen LogP contribution in [-0.2, 0) is 13.6 Å². The molecule has 0 aliphatic heterocycles. The van der Waals surface area contributed by atoms with Crippen LogP contribution in [0.25, 0.3) is 11.5 Å². The zero-order valence-corrected chi connectivity index (χ0v) is 11.4.